The Balaban J connectivity index is -0.0000000450. The van der Waals surface area contributed by atoms with Crippen LogP contribution in [0.3, 0.4) is 0 Å². The van der Waals surface area contributed by atoms with Crippen LogP contribution in [-0.4, -0.2) is 6.68 Å². The van der Waals surface area contributed by atoms with Crippen molar-refractivity contribution in [2.45, 2.75) is 6.68 Å². The second-order valence-electron chi connectivity index (χ2n) is 0.247. The highest BCUT2D eigenvalue weighted by Gasteiger charge is 1.86. The van der Waals surface area contributed by atoms with Crippen LogP contribution < -0.4 is 0 Å². The quantitative estimate of drug-likeness (QED) is 0.486. The largest absolute Gasteiger partial charge is 0.379 e. The van der Waals surface area contributed by atoms with Gasteiger partial charge in [0, 0.05) is 0 Å². The van der Waals surface area contributed by atoms with Crippen LogP contribution >= 0.6 is 24.8 Å². The molecule has 0 aromatic heterocycles. The van der Waals surface area contributed by atoms with Crippen LogP contribution in [0.1, 0.15) is 0 Å². The Hall–Kier alpha value is 0.370. The summed E-state index contributed by atoms with van der Waals surface area (Å²) in [5.74, 6) is 0. The van der Waals surface area contributed by atoms with Crippen molar-refractivity contribution in [3.63, 3.8) is 0 Å². The molecule has 0 nitrogen and oxygen atoms in total. The fourth-order valence-corrected chi connectivity index (χ4v) is 0. The second kappa shape index (κ2) is 9.03. The molecule has 0 aliphatic rings. The minimum absolute atomic E-state index is 0. The van der Waals surface area contributed by atoms with E-state index in [1.807, 2.05) is 0 Å². The molecule has 0 saturated carbocycles. The van der Waals surface area contributed by atoms with Gasteiger partial charge in [-0.15, -0.1) is 24.8 Å². The minimum Gasteiger partial charge on any atom is -0.174 e. The van der Waals surface area contributed by atoms with Crippen LogP contribution in [0.5, 0.6) is 0 Å². The number of hydrogen-bond acceptors (Lipinski definition) is 0. The lowest BCUT2D eigenvalue weighted by Gasteiger charge is -1.65. The molecule has 0 radical (unpaired) electrons. The molecular weight excluding hydrogens is 140 g/mol. The second-order valence-corrected chi connectivity index (χ2v) is 0.247. The predicted molar refractivity (Wildman–Crippen MR) is 21.6 cm³/mol. The highest BCUT2D eigenvalue weighted by molar-refractivity contribution is 5.85. The van der Waals surface area contributed by atoms with Crippen LogP contribution in [0.2, 0.25) is 0 Å². The molecule has 5 heteroatoms. The van der Waals surface area contributed by atoms with Gasteiger partial charge in [-0.05, 0) is 0 Å². The molecule has 0 amide bonds. The van der Waals surface area contributed by atoms with Gasteiger partial charge in [-0.1, -0.05) is 0 Å². The van der Waals surface area contributed by atoms with Crippen LogP contribution in [0, 0.1) is 0 Å². The van der Waals surface area contributed by atoms with Crippen molar-refractivity contribution in [2.75, 3.05) is 0 Å². The van der Waals surface area contributed by atoms with Crippen LogP contribution in [-0.2, 0) is 0 Å². The summed E-state index contributed by atoms with van der Waals surface area (Å²) in [7, 11) is 0. The van der Waals surface area contributed by atoms with Crippen molar-refractivity contribution in [3.05, 3.63) is 0 Å². The van der Waals surface area contributed by atoms with Gasteiger partial charge in [-0.2, -0.15) is 13.2 Å². The van der Waals surface area contributed by atoms with Crippen molar-refractivity contribution in [1.29, 1.82) is 0 Å². The van der Waals surface area contributed by atoms with Crippen molar-refractivity contribution in [2.24, 2.45) is 0 Å². The SMILES string of the molecule is Cl.Cl.FC(F)F. The zero-order valence-electron chi connectivity index (χ0n) is 2.53. The molecule has 0 aromatic rings. The molecule has 0 aliphatic carbocycles. The number of alkyl halides is 3. The molecule has 0 atom stereocenters. The average molecular weight is 143 g/mol. The summed E-state index contributed by atoms with van der Waals surface area (Å²) < 4.78 is 29.0. The van der Waals surface area contributed by atoms with E-state index < -0.39 is 6.68 Å². The lowest BCUT2D eigenvalue weighted by atomic mass is 11.6. The Morgan fingerprint density at radius 1 is 0.833 bits per heavy atom. The van der Waals surface area contributed by atoms with E-state index in [1.165, 1.54) is 0 Å². The molecule has 0 heterocycles. The summed E-state index contributed by atoms with van der Waals surface area (Å²) in [6.45, 7) is -3.67. The van der Waals surface area contributed by atoms with E-state index in [9.17, 15) is 13.2 Å². The van der Waals surface area contributed by atoms with Gasteiger partial charge in [0.15, 0.2) is 0 Å². The van der Waals surface area contributed by atoms with Gasteiger partial charge in [0.2, 0.25) is 0 Å². The molecule has 0 bridgehead atoms. The first kappa shape index (κ1) is 16.2. The first-order valence-electron chi connectivity index (χ1n) is 0.655. The van der Waals surface area contributed by atoms with Gasteiger partial charge >= 0.3 is 6.68 Å². The van der Waals surface area contributed by atoms with Crippen molar-refractivity contribution >= 4 is 24.8 Å². The molecular formula is CH3Cl2F3. The number of hydrogen-bond donors (Lipinski definition) is 0. The third kappa shape index (κ3) is 363. The predicted octanol–water partition coefficient (Wildman–Crippen LogP) is 2.02. The maximum Gasteiger partial charge on any atom is 0.379 e. The Morgan fingerprint density at radius 3 is 0.833 bits per heavy atom. The van der Waals surface area contributed by atoms with E-state index >= 15 is 0 Å². The molecule has 6 heavy (non-hydrogen) atoms. The molecule has 0 saturated heterocycles. The van der Waals surface area contributed by atoms with Crippen molar-refractivity contribution < 1.29 is 13.2 Å². The maximum absolute atomic E-state index is 9.67. The summed E-state index contributed by atoms with van der Waals surface area (Å²) in [6, 6.07) is 0. The van der Waals surface area contributed by atoms with Gasteiger partial charge in [-0.25, -0.2) is 0 Å². The fourth-order valence-electron chi connectivity index (χ4n) is 0. The standard InChI is InChI=1S/CHF3.2ClH/c2-1(3)4;;/h1H;2*1H. The molecule has 0 spiro atoms. The Labute approximate surface area is 45.5 Å². The molecule has 0 N–H and O–H groups in total. The Morgan fingerprint density at radius 2 is 0.833 bits per heavy atom. The van der Waals surface area contributed by atoms with E-state index in [1.54, 1.807) is 0 Å². The van der Waals surface area contributed by atoms with E-state index in [0.29, 0.717) is 0 Å². The average Bonchev–Trinajstić information content (AvgIpc) is 0.811. The Kier molecular flexibility index (Phi) is 24.3. The van der Waals surface area contributed by atoms with E-state index in [0.717, 1.165) is 0 Å². The molecule has 42 valence electrons. The van der Waals surface area contributed by atoms with Crippen LogP contribution in [0.25, 0.3) is 0 Å². The molecule has 0 unspecified atom stereocenters. The number of halogens is 5. The van der Waals surface area contributed by atoms with Crippen molar-refractivity contribution in [3.8, 4) is 0 Å². The van der Waals surface area contributed by atoms with Gasteiger partial charge in [0.25, 0.3) is 0 Å². The zero-order valence-corrected chi connectivity index (χ0v) is 4.16. The van der Waals surface area contributed by atoms with Gasteiger partial charge in [-0.3, -0.25) is 0 Å². The first-order chi connectivity index (χ1) is 1.73. The molecule has 0 aromatic carbocycles. The molecule has 0 rings (SSSR count). The lowest BCUT2D eigenvalue weighted by molar-refractivity contribution is 0.00819. The molecule has 0 aliphatic heterocycles. The monoisotopic (exact) mass is 142 g/mol. The third-order valence-electron chi connectivity index (χ3n) is 0. The molecule has 0 fully saturated rings. The highest BCUT2D eigenvalue weighted by atomic mass is 35.5. The number of rotatable bonds is 0. The Bertz CT molecular complexity index is 13.5. The van der Waals surface area contributed by atoms with Crippen LogP contribution in [0.4, 0.5) is 13.2 Å². The first-order valence-corrected chi connectivity index (χ1v) is 0.655. The lowest BCUT2D eigenvalue weighted by Crippen LogP contribution is -1.65. The van der Waals surface area contributed by atoms with Gasteiger partial charge in [0.05, 0.1) is 0 Å². The van der Waals surface area contributed by atoms with E-state index in [2.05, 4.69) is 0 Å². The third-order valence-corrected chi connectivity index (χ3v) is 0. The zero-order chi connectivity index (χ0) is 3.58. The van der Waals surface area contributed by atoms with E-state index in [-0.39, 0.29) is 24.8 Å². The van der Waals surface area contributed by atoms with Crippen molar-refractivity contribution in [1.82, 2.24) is 0 Å². The summed E-state index contributed by atoms with van der Waals surface area (Å²) in [6.07, 6.45) is 0. The smallest absolute Gasteiger partial charge is 0.174 e. The topological polar surface area (TPSA) is 0 Å². The summed E-state index contributed by atoms with van der Waals surface area (Å²) in [5, 5.41) is 0. The normalized spacial score (nSPS) is 6.00. The van der Waals surface area contributed by atoms with Gasteiger partial charge in [0.1, 0.15) is 0 Å². The minimum atomic E-state index is -3.67. The summed E-state index contributed by atoms with van der Waals surface area (Å²) in [5.41, 5.74) is 0. The highest BCUT2D eigenvalue weighted by Crippen LogP contribution is 1.87. The van der Waals surface area contributed by atoms with Gasteiger partial charge < -0.3 is 0 Å². The fraction of sp³-hybridized carbons (Fsp3) is 1.00. The summed E-state index contributed by atoms with van der Waals surface area (Å²) in [4.78, 5) is 0. The summed E-state index contributed by atoms with van der Waals surface area (Å²) >= 11 is 0. The van der Waals surface area contributed by atoms with E-state index in [4.69, 9.17) is 0 Å². The maximum atomic E-state index is 9.67. The van der Waals surface area contributed by atoms with Crippen LogP contribution in [0.15, 0.2) is 0 Å².